The van der Waals surface area contributed by atoms with Crippen LogP contribution in [0.1, 0.15) is 22.1 Å². The van der Waals surface area contributed by atoms with Crippen molar-refractivity contribution < 1.29 is 13.2 Å². The van der Waals surface area contributed by atoms with Crippen molar-refractivity contribution in [3.63, 3.8) is 0 Å². The SMILES string of the molecule is Cc1cc(C(Cl)Cc2c(F)cccc2F)c(Cl)cc1F. The van der Waals surface area contributed by atoms with Gasteiger partial charge in [-0.15, -0.1) is 11.6 Å². The van der Waals surface area contributed by atoms with Crippen LogP contribution in [0.5, 0.6) is 0 Å². The zero-order valence-electron chi connectivity index (χ0n) is 10.6. The highest BCUT2D eigenvalue weighted by molar-refractivity contribution is 6.32. The molecule has 0 N–H and O–H groups in total. The fraction of sp³-hybridized carbons (Fsp3) is 0.200. The summed E-state index contributed by atoms with van der Waals surface area (Å²) in [6.07, 6.45) is -0.0646. The smallest absolute Gasteiger partial charge is 0.129 e. The molecule has 0 fully saturated rings. The van der Waals surface area contributed by atoms with Crippen LogP contribution in [0.15, 0.2) is 30.3 Å². The molecule has 20 heavy (non-hydrogen) atoms. The van der Waals surface area contributed by atoms with Gasteiger partial charge in [0.05, 0.1) is 5.38 Å². The maximum absolute atomic E-state index is 13.6. The Labute approximate surface area is 125 Å². The lowest BCUT2D eigenvalue weighted by atomic mass is 10.0. The average Bonchev–Trinajstić information content (AvgIpc) is 2.38. The summed E-state index contributed by atoms with van der Waals surface area (Å²) in [5.74, 6) is -1.77. The maximum Gasteiger partial charge on any atom is 0.129 e. The summed E-state index contributed by atoms with van der Waals surface area (Å²) in [6.45, 7) is 1.57. The normalized spacial score (nSPS) is 12.5. The molecule has 0 radical (unpaired) electrons. The van der Waals surface area contributed by atoms with Crippen molar-refractivity contribution in [3.05, 3.63) is 69.5 Å². The van der Waals surface area contributed by atoms with E-state index < -0.39 is 22.8 Å². The van der Waals surface area contributed by atoms with Crippen molar-refractivity contribution >= 4 is 23.2 Å². The lowest BCUT2D eigenvalue weighted by Gasteiger charge is -2.14. The second-order valence-corrected chi connectivity index (χ2v) is 5.43. The number of halogens is 5. The summed E-state index contributed by atoms with van der Waals surface area (Å²) < 4.78 is 40.5. The van der Waals surface area contributed by atoms with Gasteiger partial charge in [0.2, 0.25) is 0 Å². The lowest BCUT2D eigenvalue weighted by molar-refractivity contribution is 0.552. The van der Waals surface area contributed by atoms with Gasteiger partial charge in [-0.25, -0.2) is 13.2 Å². The zero-order valence-corrected chi connectivity index (χ0v) is 12.1. The number of hydrogen-bond acceptors (Lipinski definition) is 0. The molecule has 1 atom stereocenters. The Morgan fingerprint density at radius 3 is 2.25 bits per heavy atom. The molecule has 0 saturated carbocycles. The molecule has 0 aliphatic heterocycles. The summed E-state index contributed by atoms with van der Waals surface area (Å²) in [6, 6.07) is 6.26. The highest BCUT2D eigenvalue weighted by atomic mass is 35.5. The molecule has 0 aliphatic rings. The summed E-state index contributed by atoms with van der Waals surface area (Å²) in [5.41, 5.74) is 0.726. The van der Waals surface area contributed by atoms with Crippen molar-refractivity contribution in [1.29, 1.82) is 0 Å². The molecule has 0 aromatic heterocycles. The number of alkyl halides is 1. The van der Waals surface area contributed by atoms with Crippen LogP contribution in [0, 0.1) is 24.4 Å². The van der Waals surface area contributed by atoms with Crippen molar-refractivity contribution in [2.45, 2.75) is 18.7 Å². The number of aryl methyl sites for hydroxylation is 1. The van der Waals surface area contributed by atoms with Crippen LogP contribution < -0.4 is 0 Å². The molecular weight excluding hydrogens is 308 g/mol. The van der Waals surface area contributed by atoms with Gasteiger partial charge in [-0.3, -0.25) is 0 Å². The molecule has 0 amide bonds. The first-order valence-corrected chi connectivity index (χ1v) is 6.74. The highest BCUT2D eigenvalue weighted by Gasteiger charge is 2.18. The van der Waals surface area contributed by atoms with E-state index in [4.69, 9.17) is 23.2 Å². The summed E-state index contributed by atoms with van der Waals surface area (Å²) in [4.78, 5) is 0. The van der Waals surface area contributed by atoms with Gasteiger partial charge in [-0.2, -0.15) is 0 Å². The van der Waals surface area contributed by atoms with Crippen LogP contribution in [0.3, 0.4) is 0 Å². The fourth-order valence-electron chi connectivity index (χ4n) is 1.94. The van der Waals surface area contributed by atoms with Crippen LogP contribution in [0.4, 0.5) is 13.2 Å². The standard InChI is InChI=1S/C15H11Cl2F3/c1-8-5-9(12(17)7-15(8)20)11(16)6-10-13(18)3-2-4-14(10)19/h2-5,7,11H,6H2,1H3. The molecule has 0 nitrogen and oxygen atoms in total. The van der Waals surface area contributed by atoms with E-state index in [9.17, 15) is 13.2 Å². The number of hydrogen-bond donors (Lipinski definition) is 0. The van der Waals surface area contributed by atoms with Gasteiger partial charge in [0.15, 0.2) is 0 Å². The molecule has 2 aromatic carbocycles. The van der Waals surface area contributed by atoms with Gasteiger partial charge in [0.25, 0.3) is 0 Å². The topological polar surface area (TPSA) is 0 Å². The van der Waals surface area contributed by atoms with Crippen molar-refractivity contribution in [3.8, 4) is 0 Å². The van der Waals surface area contributed by atoms with E-state index >= 15 is 0 Å². The molecule has 0 spiro atoms. The lowest BCUT2D eigenvalue weighted by Crippen LogP contribution is -2.03. The Balaban J connectivity index is 2.33. The summed E-state index contributed by atoms with van der Waals surface area (Å²) in [7, 11) is 0. The second kappa shape index (κ2) is 6.06. The molecule has 2 aromatic rings. The predicted octanol–water partition coefficient (Wildman–Crippen LogP) is 5.59. The van der Waals surface area contributed by atoms with Crippen LogP contribution in [-0.4, -0.2) is 0 Å². The van der Waals surface area contributed by atoms with Gasteiger partial charge < -0.3 is 0 Å². The largest absolute Gasteiger partial charge is 0.207 e. The Bertz CT molecular complexity index is 621. The molecule has 0 bridgehead atoms. The van der Waals surface area contributed by atoms with Crippen LogP contribution in [0.2, 0.25) is 5.02 Å². The van der Waals surface area contributed by atoms with E-state index in [0.29, 0.717) is 11.1 Å². The second-order valence-electron chi connectivity index (χ2n) is 4.49. The van der Waals surface area contributed by atoms with Gasteiger partial charge in [-0.05, 0) is 42.7 Å². The first-order chi connectivity index (χ1) is 9.40. The van der Waals surface area contributed by atoms with Gasteiger partial charge in [0.1, 0.15) is 17.5 Å². The number of benzene rings is 2. The van der Waals surface area contributed by atoms with Crippen molar-refractivity contribution in [2.75, 3.05) is 0 Å². The first-order valence-electron chi connectivity index (χ1n) is 5.92. The van der Waals surface area contributed by atoms with Crippen LogP contribution in [0.25, 0.3) is 0 Å². The third-order valence-electron chi connectivity index (χ3n) is 3.06. The average molecular weight is 319 g/mol. The Hall–Kier alpha value is -1.19. The molecule has 5 heteroatoms. The Kier molecular flexibility index (Phi) is 4.61. The Morgan fingerprint density at radius 1 is 1.05 bits per heavy atom. The summed E-state index contributed by atoms with van der Waals surface area (Å²) >= 11 is 12.1. The van der Waals surface area contributed by atoms with Crippen LogP contribution >= 0.6 is 23.2 Å². The molecule has 0 aliphatic carbocycles. The van der Waals surface area contributed by atoms with E-state index in [1.807, 2.05) is 0 Å². The van der Waals surface area contributed by atoms with Gasteiger partial charge in [0, 0.05) is 10.6 Å². The molecule has 0 saturated heterocycles. The Morgan fingerprint density at radius 2 is 1.65 bits per heavy atom. The van der Waals surface area contributed by atoms with Crippen LogP contribution in [-0.2, 0) is 6.42 Å². The quantitative estimate of drug-likeness (QED) is 0.647. The maximum atomic E-state index is 13.6. The summed E-state index contributed by atoms with van der Waals surface area (Å²) in [5, 5.41) is -0.599. The fourth-order valence-corrected chi connectivity index (χ4v) is 2.61. The van der Waals surface area contributed by atoms with Gasteiger partial charge >= 0.3 is 0 Å². The molecular formula is C15H11Cl2F3. The van der Waals surface area contributed by atoms with Crippen molar-refractivity contribution in [1.82, 2.24) is 0 Å². The minimum Gasteiger partial charge on any atom is -0.207 e. The van der Waals surface area contributed by atoms with E-state index in [2.05, 4.69) is 0 Å². The minimum atomic E-state index is -0.742. The monoisotopic (exact) mass is 318 g/mol. The first kappa shape index (κ1) is 15.2. The third kappa shape index (κ3) is 3.10. The van der Waals surface area contributed by atoms with E-state index in [1.165, 1.54) is 24.3 Å². The molecule has 0 heterocycles. The minimum absolute atomic E-state index is 0.0646. The van der Waals surface area contributed by atoms with Crippen molar-refractivity contribution in [2.24, 2.45) is 0 Å². The predicted molar refractivity (Wildman–Crippen MR) is 74.8 cm³/mol. The number of rotatable bonds is 3. The molecule has 2 rings (SSSR count). The van der Waals surface area contributed by atoms with E-state index in [-0.39, 0.29) is 17.0 Å². The molecule has 106 valence electrons. The van der Waals surface area contributed by atoms with E-state index in [1.54, 1.807) is 6.92 Å². The third-order valence-corrected chi connectivity index (χ3v) is 3.78. The van der Waals surface area contributed by atoms with Gasteiger partial charge in [-0.1, -0.05) is 23.7 Å². The molecule has 1 unspecified atom stereocenters. The highest BCUT2D eigenvalue weighted by Crippen LogP contribution is 2.33. The zero-order chi connectivity index (χ0) is 14.9. The van der Waals surface area contributed by atoms with E-state index in [0.717, 1.165) is 6.07 Å².